The van der Waals surface area contributed by atoms with E-state index in [0.29, 0.717) is 18.8 Å². The van der Waals surface area contributed by atoms with Crippen LogP contribution in [-0.2, 0) is 9.59 Å². The minimum absolute atomic E-state index is 0.292. The van der Waals surface area contributed by atoms with E-state index in [0.717, 1.165) is 38.8 Å². The molecule has 0 atom stereocenters. The minimum Gasteiger partial charge on any atom is -0.481 e. The minimum atomic E-state index is -0.711. The third-order valence-electron chi connectivity index (χ3n) is 2.69. The summed E-state index contributed by atoms with van der Waals surface area (Å²) < 4.78 is 0. The number of hydrogen-bond acceptors (Lipinski definition) is 3. The number of piperidine rings is 1. The van der Waals surface area contributed by atoms with Crippen molar-refractivity contribution >= 4 is 11.9 Å². The lowest BCUT2D eigenvalue weighted by molar-refractivity contribution is -0.138. The Kier molecular flexibility index (Phi) is 9.43. The lowest BCUT2D eigenvalue weighted by atomic mass is 9.93. The van der Waals surface area contributed by atoms with Gasteiger partial charge in [-0.1, -0.05) is 6.92 Å². The summed E-state index contributed by atoms with van der Waals surface area (Å²) in [6.07, 6.45) is 4.51. The summed E-state index contributed by atoms with van der Waals surface area (Å²) in [6.45, 7) is 3.96. The van der Waals surface area contributed by atoms with Crippen molar-refractivity contribution in [3.63, 3.8) is 0 Å². The first-order chi connectivity index (χ1) is 8.06. The number of rotatable bonds is 5. The van der Waals surface area contributed by atoms with E-state index in [2.05, 4.69) is 5.32 Å². The molecule has 0 saturated carbocycles. The van der Waals surface area contributed by atoms with E-state index in [1.54, 1.807) is 0 Å². The van der Waals surface area contributed by atoms with Gasteiger partial charge in [0.15, 0.2) is 0 Å². The predicted octanol–water partition coefficient (Wildman–Crippen LogP) is 1.72. The second-order valence-electron chi connectivity index (χ2n) is 4.27. The summed E-state index contributed by atoms with van der Waals surface area (Å²) in [5.74, 6) is -0.728. The maximum atomic E-state index is 10.2. The number of nitrogens with one attached hydrogen (secondary N) is 1. The van der Waals surface area contributed by atoms with Gasteiger partial charge in [-0.2, -0.15) is 0 Å². The van der Waals surface area contributed by atoms with Crippen molar-refractivity contribution in [1.82, 2.24) is 5.32 Å². The largest absolute Gasteiger partial charge is 0.481 e. The maximum Gasteiger partial charge on any atom is 0.303 e. The Morgan fingerprint density at radius 3 is 2.00 bits per heavy atom. The molecule has 1 heterocycles. The van der Waals surface area contributed by atoms with Crippen molar-refractivity contribution in [1.29, 1.82) is 0 Å². The van der Waals surface area contributed by atoms with E-state index in [-0.39, 0.29) is 0 Å². The van der Waals surface area contributed by atoms with Crippen molar-refractivity contribution < 1.29 is 19.8 Å². The highest BCUT2D eigenvalue weighted by atomic mass is 16.4. The van der Waals surface area contributed by atoms with Gasteiger partial charge in [-0.05, 0) is 44.7 Å². The molecule has 0 bridgehead atoms. The van der Waals surface area contributed by atoms with Gasteiger partial charge in [0.2, 0.25) is 0 Å². The van der Waals surface area contributed by atoms with E-state index < -0.39 is 11.9 Å². The van der Waals surface area contributed by atoms with Gasteiger partial charge in [0.1, 0.15) is 0 Å². The monoisotopic (exact) mass is 245 g/mol. The second kappa shape index (κ2) is 10.1. The molecule has 0 aromatic carbocycles. The molecule has 0 amide bonds. The van der Waals surface area contributed by atoms with Gasteiger partial charge < -0.3 is 15.5 Å². The molecule has 3 N–H and O–H groups in total. The van der Waals surface area contributed by atoms with Crippen LogP contribution in [0.5, 0.6) is 0 Å². The molecule has 0 unspecified atom stereocenters. The van der Waals surface area contributed by atoms with Crippen LogP contribution in [0.1, 0.15) is 45.4 Å². The molecule has 0 spiro atoms. The lowest BCUT2D eigenvalue weighted by Crippen LogP contribution is -2.27. The normalized spacial score (nSPS) is 15.8. The summed E-state index contributed by atoms with van der Waals surface area (Å²) in [4.78, 5) is 19.8. The number of hydrogen-bond donors (Lipinski definition) is 3. The summed E-state index contributed by atoms with van der Waals surface area (Å²) >= 11 is 0. The van der Waals surface area contributed by atoms with Crippen LogP contribution in [-0.4, -0.2) is 35.2 Å². The SMILES string of the molecule is CCCC(=O)O.O=C(O)CCC1CCNCC1. The smallest absolute Gasteiger partial charge is 0.303 e. The van der Waals surface area contributed by atoms with Gasteiger partial charge in [-0.25, -0.2) is 0 Å². The average Bonchev–Trinajstić information content (AvgIpc) is 2.28. The van der Waals surface area contributed by atoms with Crippen molar-refractivity contribution in [3.8, 4) is 0 Å². The van der Waals surface area contributed by atoms with Crippen LogP contribution in [0.2, 0.25) is 0 Å². The van der Waals surface area contributed by atoms with Crippen LogP contribution in [0.15, 0.2) is 0 Å². The molecule has 0 radical (unpaired) electrons. The molecular weight excluding hydrogens is 222 g/mol. The molecule has 1 aliphatic heterocycles. The zero-order chi connectivity index (χ0) is 13.1. The van der Waals surface area contributed by atoms with Crippen molar-refractivity contribution in [2.24, 2.45) is 5.92 Å². The summed E-state index contributed by atoms with van der Waals surface area (Å²) in [7, 11) is 0. The van der Waals surface area contributed by atoms with Crippen molar-refractivity contribution in [3.05, 3.63) is 0 Å². The second-order valence-corrected chi connectivity index (χ2v) is 4.27. The van der Waals surface area contributed by atoms with Crippen LogP contribution >= 0.6 is 0 Å². The molecule has 1 fully saturated rings. The van der Waals surface area contributed by atoms with E-state index in [1.165, 1.54) is 0 Å². The molecule has 5 heteroatoms. The standard InChI is InChI=1S/C8H15NO2.C4H8O2/c10-8(11)2-1-7-3-5-9-6-4-7;1-2-3-4(5)6/h7,9H,1-6H2,(H,10,11);2-3H2,1H3,(H,5,6). The Morgan fingerprint density at radius 1 is 1.12 bits per heavy atom. The summed E-state index contributed by atoms with van der Waals surface area (Å²) in [6, 6.07) is 0. The predicted molar refractivity (Wildman–Crippen MR) is 65.0 cm³/mol. The molecular formula is C12H23NO4. The Morgan fingerprint density at radius 2 is 1.65 bits per heavy atom. The van der Waals surface area contributed by atoms with Crippen LogP contribution in [0, 0.1) is 5.92 Å². The zero-order valence-corrected chi connectivity index (χ0v) is 10.4. The van der Waals surface area contributed by atoms with E-state index >= 15 is 0 Å². The first-order valence-electron chi connectivity index (χ1n) is 6.20. The number of aliphatic carboxylic acids is 2. The van der Waals surface area contributed by atoms with Gasteiger partial charge in [-0.15, -0.1) is 0 Å². The first kappa shape index (κ1) is 15.9. The number of carboxylic acids is 2. The van der Waals surface area contributed by atoms with Crippen molar-refractivity contribution in [2.45, 2.75) is 45.4 Å². The topological polar surface area (TPSA) is 86.6 Å². The molecule has 0 aromatic rings. The highest BCUT2D eigenvalue weighted by Gasteiger charge is 2.13. The lowest BCUT2D eigenvalue weighted by Gasteiger charge is -2.21. The molecule has 0 aliphatic carbocycles. The van der Waals surface area contributed by atoms with Gasteiger partial charge in [-0.3, -0.25) is 9.59 Å². The van der Waals surface area contributed by atoms with Gasteiger partial charge >= 0.3 is 11.9 Å². The van der Waals surface area contributed by atoms with Gasteiger partial charge in [0, 0.05) is 12.8 Å². The van der Waals surface area contributed by atoms with Crippen LogP contribution < -0.4 is 5.32 Å². The first-order valence-corrected chi connectivity index (χ1v) is 6.20. The Hall–Kier alpha value is -1.10. The molecule has 17 heavy (non-hydrogen) atoms. The zero-order valence-electron chi connectivity index (χ0n) is 10.4. The summed E-state index contributed by atoms with van der Waals surface area (Å²) in [5, 5.41) is 19.6. The fourth-order valence-electron chi connectivity index (χ4n) is 1.71. The third-order valence-corrected chi connectivity index (χ3v) is 2.69. The fraction of sp³-hybridized carbons (Fsp3) is 0.833. The molecule has 0 aromatic heterocycles. The van der Waals surface area contributed by atoms with E-state index in [1.807, 2.05) is 6.92 Å². The van der Waals surface area contributed by atoms with Crippen LogP contribution in [0.25, 0.3) is 0 Å². The van der Waals surface area contributed by atoms with E-state index in [4.69, 9.17) is 10.2 Å². The summed E-state index contributed by atoms with van der Waals surface area (Å²) in [5.41, 5.74) is 0. The quantitative estimate of drug-likeness (QED) is 0.686. The number of carboxylic acid groups (broad SMARTS) is 2. The Balaban J connectivity index is 0.000000366. The van der Waals surface area contributed by atoms with E-state index in [9.17, 15) is 9.59 Å². The van der Waals surface area contributed by atoms with Crippen LogP contribution in [0.4, 0.5) is 0 Å². The van der Waals surface area contributed by atoms with Crippen molar-refractivity contribution in [2.75, 3.05) is 13.1 Å². The highest BCUT2D eigenvalue weighted by molar-refractivity contribution is 5.66. The van der Waals surface area contributed by atoms with Gasteiger partial charge in [0.05, 0.1) is 0 Å². The van der Waals surface area contributed by atoms with Gasteiger partial charge in [0.25, 0.3) is 0 Å². The Bertz CT molecular complexity index is 225. The molecule has 5 nitrogen and oxygen atoms in total. The Labute approximate surface area is 102 Å². The molecule has 100 valence electrons. The van der Waals surface area contributed by atoms with Crippen LogP contribution in [0.3, 0.4) is 0 Å². The third kappa shape index (κ3) is 11.2. The average molecular weight is 245 g/mol. The molecule has 1 rings (SSSR count). The molecule has 1 saturated heterocycles. The maximum absolute atomic E-state index is 10.2. The number of carbonyl (C=O) groups is 2. The fourth-order valence-corrected chi connectivity index (χ4v) is 1.71. The molecule has 1 aliphatic rings. The highest BCUT2D eigenvalue weighted by Crippen LogP contribution is 2.17.